The van der Waals surface area contributed by atoms with Crippen molar-refractivity contribution < 1.29 is 23.9 Å². The number of carbonyl (C=O) groups is 4. The number of carbonyl (C=O) groups excluding carboxylic acids is 4. The van der Waals surface area contributed by atoms with Gasteiger partial charge in [-0.1, -0.05) is 48.5 Å². The smallest absolute Gasteiger partial charge is 0.326 e. The number of esters is 1. The maximum Gasteiger partial charge on any atom is 0.326 e. The average Bonchev–Trinajstić information content (AvgIpc) is 3.08. The van der Waals surface area contributed by atoms with Gasteiger partial charge in [0.05, 0.1) is 12.3 Å². The van der Waals surface area contributed by atoms with Gasteiger partial charge >= 0.3 is 5.97 Å². The van der Waals surface area contributed by atoms with E-state index in [1.54, 1.807) is 19.1 Å². The summed E-state index contributed by atoms with van der Waals surface area (Å²) in [6.07, 6.45) is 0.285. The number of imide groups is 1. The predicted octanol–water partition coefficient (Wildman–Crippen LogP) is 2.79. The summed E-state index contributed by atoms with van der Waals surface area (Å²) in [5.74, 6) is -1.43. The van der Waals surface area contributed by atoms with E-state index in [0.717, 1.165) is 16.0 Å². The van der Waals surface area contributed by atoms with Crippen molar-refractivity contribution in [3.8, 4) is 11.1 Å². The fourth-order valence-electron chi connectivity index (χ4n) is 3.43. The molecule has 3 amide bonds. The van der Waals surface area contributed by atoms with Crippen LogP contribution in [-0.4, -0.2) is 48.3 Å². The molecule has 1 aliphatic heterocycles. The largest absolute Gasteiger partial charge is 0.465 e. The average molecular weight is 408 g/mol. The topological polar surface area (TPSA) is 84.0 Å². The van der Waals surface area contributed by atoms with Crippen molar-refractivity contribution in [3.63, 3.8) is 0 Å². The number of nitrogens with zero attached hydrogens (tertiary/aromatic N) is 2. The fraction of sp³-hybridized carbons (Fsp3) is 0.304. The van der Waals surface area contributed by atoms with Crippen LogP contribution < -0.4 is 4.90 Å². The Balaban J connectivity index is 1.88. The summed E-state index contributed by atoms with van der Waals surface area (Å²) in [6.45, 7) is 1.66. The van der Waals surface area contributed by atoms with E-state index >= 15 is 0 Å². The molecule has 0 bridgehead atoms. The quantitative estimate of drug-likeness (QED) is 0.495. The van der Waals surface area contributed by atoms with Gasteiger partial charge in [0.25, 0.3) is 0 Å². The molecule has 0 saturated carbocycles. The lowest BCUT2D eigenvalue weighted by Gasteiger charge is -2.25. The Morgan fingerprint density at radius 1 is 0.967 bits per heavy atom. The van der Waals surface area contributed by atoms with Crippen molar-refractivity contribution in [1.82, 2.24) is 4.90 Å². The van der Waals surface area contributed by atoms with E-state index in [2.05, 4.69) is 0 Å². The first-order valence-corrected chi connectivity index (χ1v) is 9.95. The Bertz CT molecular complexity index is 926. The van der Waals surface area contributed by atoms with Gasteiger partial charge in [0.2, 0.25) is 17.7 Å². The zero-order valence-corrected chi connectivity index (χ0v) is 16.9. The molecular weight excluding hydrogens is 384 g/mol. The maximum absolute atomic E-state index is 13.1. The number of anilines is 1. The molecule has 1 saturated heterocycles. The molecule has 2 aromatic rings. The molecule has 1 heterocycles. The zero-order valence-electron chi connectivity index (χ0n) is 16.9. The van der Waals surface area contributed by atoms with Gasteiger partial charge in [-0.05, 0) is 18.6 Å². The van der Waals surface area contributed by atoms with E-state index < -0.39 is 5.97 Å². The number of benzene rings is 2. The highest BCUT2D eigenvalue weighted by Crippen LogP contribution is 2.31. The summed E-state index contributed by atoms with van der Waals surface area (Å²) in [7, 11) is 0. The minimum atomic E-state index is -0.526. The SMILES string of the molecule is CCOC(=O)CN(C(=O)CCN1C(=O)CCC1=O)c1ccccc1-c1ccccc1. The first-order valence-electron chi connectivity index (χ1n) is 9.95. The normalized spacial score (nSPS) is 13.4. The van der Waals surface area contributed by atoms with Crippen molar-refractivity contribution in [2.24, 2.45) is 0 Å². The lowest BCUT2D eigenvalue weighted by atomic mass is 10.0. The van der Waals surface area contributed by atoms with Gasteiger partial charge in [-0.3, -0.25) is 24.1 Å². The molecule has 7 heteroatoms. The van der Waals surface area contributed by atoms with Crippen LogP contribution in [0, 0.1) is 0 Å². The van der Waals surface area contributed by atoms with E-state index in [1.807, 2.05) is 42.5 Å². The molecule has 0 atom stereocenters. The van der Waals surface area contributed by atoms with Crippen molar-refractivity contribution in [2.75, 3.05) is 24.6 Å². The van der Waals surface area contributed by atoms with Crippen LogP contribution in [0.1, 0.15) is 26.2 Å². The number of para-hydroxylation sites is 1. The first kappa shape index (κ1) is 21.2. The second-order valence-electron chi connectivity index (χ2n) is 6.86. The molecule has 1 fully saturated rings. The zero-order chi connectivity index (χ0) is 21.5. The predicted molar refractivity (Wildman–Crippen MR) is 111 cm³/mol. The summed E-state index contributed by atoms with van der Waals surface area (Å²) < 4.78 is 5.05. The van der Waals surface area contributed by atoms with Crippen LogP contribution in [-0.2, 0) is 23.9 Å². The van der Waals surface area contributed by atoms with Crippen LogP contribution in [0.5, 0.6) is 0 Å². The van der Waals surface area contributed by atoms with Gasteiger partial charge in [-0.25, -0.2) is 0 Å². The molecular formula is C23H24N2O5. The van der Waals surface area contributed by atoms with Gasteiger partial charge in [-0.2, -0.15) is 0 Å². The Labute approximate surface area is 175 Å². The first-order chi connectivity index (χ1) is 14.5. The van der Waals surface area contributed by atoms with Gasteiger partial charge < -0.3 is 9.64 Å². The summed E-state index contributed by atoms with van der Waals surface area (Å²) in [5.41, 5.74) is 2.27. The number of hydrogen-bond donors (Lipinski definition) is 0. The van der Waals surface area contributed by atoms with E-state index in [0.29, 0.717) is 5.69 Å². The highest BCUT2D eigenvalue weighted by Gasteiger charge is 2.30. The number of rotatable bonds is 8. The van der Waals surface area contributed by atoms with E-state index in [1.165, 1.54) is 4.90 Å². The van der Waals surface area contributed by atoms with E-state index in [-0.39, 0.29) is 56.7 Å². The third-order valence-electron chi connectivity index (χ3n) is 4.88. The van der Waals surface area contributed by atoms with Crippen LogP contribution >= 0.6 is 0 Å². The minimum Gasteiger partial charge on any atom is -0.465 e. The number of hydrogen-bond acceptors (Lipinski definition) is 5. The minimum absolute atomic E-state index is 0.00330. The molecule has 0 radical (unpaired) electrons. The lowest BCUT2D eigenvalue weighted by Crippen LogP contribution is -2.40. The molecule has 3 rings (SSSR count). The Kier molecular flexibility index (Phi) is 6.95. The number of amides is 3. The lowest BCUT2D eigenvalue weighted by molar-refractivity contribution is -0.143. The molecule has 0 aromatic heterocycles. The van der Waals surface area contributed by atoms with Crippen LogP contribution in [0.2, 0.25) is 0 Å². The van der Waals surface area contributed by atoms with Crippen molar-refractivity contribution >= 4 is 29.4 Å². The molecule has 1 aliphatic rings. The van der Waals surface area contributed by atoms with Crippen LogP contribution in [0.25, 0.3) is 11.1 Å². The van der Waals surface area contributed by atoms with Crippen LogP contribution in [0.3, 0.4) is 0 Å². The van der Waals surface area contributed by atoms with Crippen LogP contribution in [0.4, 0.5) is 5.69 Å². The third kappa shape index (κ3) is 4.92. The molecule has 2 aromatic carbocycles. The van der Waals surface area contributed by atoms with Gasteiger partial charge in [0, 0.05) is 31.4 Å². The molecule has 7 nitrogen and oxygen atoms in total. The standard InChI is InChI=1S/C23H24N2O5/c1-2-30-23(29)16-25(22(28)14-15-24-20(26)12-13-21(24)27)19-11-7-6-10-18(19)17-8-4-3-5-9-17/h3-11H,2,12-16H2,1H3. The highest BCUT2D eigenvalue weighted by molar-refractivity contribution is 6.04. The second kappa shape index (κ2) is 9.82. The molecule has 0 aliphatic carbocycles. The Morgan fingerprint density at radius 3 is 2.27 bits per heavy atom. The highest BCUT2D eigenvalue weighted by atomic mass is 16.5. The van der Waals surface area contributed by atoms with Gasteiger partial charge in [0.1, 0.15) is 6.54 Å². The molecule has 0 N–H and O–H groups in total. The Morgan fingerprint density at radius 2 is 1.60 bits per heavy atom. The second-order valence-corrected chi connectivity index (χ2v) is 6.86. The maximum atomic E-state index is 13.1. The van der Waals surface area contributed by atoms with E-state index in [4.69, 9.17) is 4.74 Å². The summed E-state index contributed by atoms with van der Waals surface area (Å²) in [6, 6.07) is 16.8. The Hall–Kier alpha value is -3.48. The number of likely N-dealkylation sites (tertiary alicyclic amines) is 1. The summed E-state index contributed by atoms with van der Waals surface area (Å²) in [4.78, 5) is 51.5. The summed E-state index contributed by atoms with van der Waals surface area (Å²) in [5, 5.41) is 0. The third-order valence-corrected chi connectivity index (χ3v) is 4.88. The molecule has 0 unspecified atom stereocenters. The molecule has 0 spiro atoms. The fourth-order valence-corrected chi connectivity index (χ4v) is 3.43. The number of ether oxygens (including phenoxy) is 1. The van der Waals surface area contributed by atoms with Crippen molar-refractivity contribution in [2.45, 2.75) is 26.2 Å². The monoisotopic (exact) mass is 408 g/mol. The summed E-state index contributed by atoms with van der Waals surface area (Å²) >= 11 is 0. The van der Waals surface area contributed by atoms with Crippen LogP contribution in [0.15, 0.2) is 54.6 Å². The van der Waals surface area contributed by atoms with E-state index in [9.17, 15) is 19.2 Å². The molecule has 30 heavy (non-hydrogen) atoms. The van der Waals surface area contributed by atoms with Gasteiger partial charge in [0.15, 0.2) is 0 Å². The van der Waals surface area contributed by atoms with Gasteiger partial charge in [-0.15, -0.1) is 0 Å². The van der Waals surface area contributed by atoms with Crippen molar-refractivity contribution in [1.29, 1.82) is 0 Å². The van der Waals surface area contributed by atoms with Crippen molar-refractivity contribution in [3.05, 3.63) is 54.6 Å². The molecule has 156 valence electrons.